The molecule has 0 radical (unpaired) electrons. The highest BCUT2D eigenvalue weighted by Crippen LogP contribution is 2.29. The van der Waals surface area contributed by atoms with Crippen LogP contribution in [0.15, 0.2) is 24.3 Å². The molecule has 10 heteroatoms. The van der Waals surface area contributed by atoms with Gasteiger partial charge in [0.25, 0.3) is 5.69 Å². The summed E-state index contributed by atoms with van der Waals surface area (Å²) in [5, 5.41) is 14.1. The minimum absolute atomic E-state index is 0.156. The van der Waals surface area contributed by atoms with Gasteiger partial charge in [-0.1, -0.05) is 13.8 Å². The highest BCUT2D eigenvalue weighted by Gasteiger charge is 2.28. The van der Waals surface area contributed by atoms with Gasteiger partial charge in [0.15, 0.2) is 0 Å². The Morgan fingerprint density at radius 1 is 1.16 bits per heavy atom. The minimum Gasteiger partial charge on any atom is -0.496 e. The molecule has 2 aromatic rings. The molecule has 1 aliphatic heterocycles. The number of amides is 1. The van der Waals surface area contributed by atoms with E-state index in [2.05, 4.69) is 33.9 Å². The Bertz CT molecular complexity index is 988. The Kier molecular flexibility index (Phi) is 7.24. The minimum atomic E-state index is -0.531. The van der Waals surface area contributed by atoms with E-state index >= 15 is 0 Å². The Balaban J connectivity index is 1.64. The molecule has 1 atom stereocenters. The quantitative estimate of drug-likeness (QED) is 0.514. The van der Waals surface area contributed by atoms with E-state index in [0.717, 1.165) is 30.4 Å². The summed E-state index contributed by atoms with van der Waals surface area (Å²) in [5.41, 5.74) is 0.897. The average Bonchev–Trinajstić information content (AvgIpc) is 2.78. The summed E-state index contributed by atoms with van der Waals surface area (Å²) < 4.78 is 5.04. The monoisotopic (exact) mass is 442 g/mol. The van der Waals surface area contributed by atoms with E-state index in [1.165, 1.54) is 19.2 Å². The summed E-state index contributed by atoms with van der Waals surface area (Å²) >= 11 is 0. The molecule has 0 spiro atoms. The third-order valence-electron chi connectivity index (χ3n) is 5.60. The maximum Gasteiger partial charge on any atom is 0.296 e. The zero-order valence-corrected chi connectivity index (χ0v) is 19.2. The summed E-state index contributed by atoms with van der Waals surface area (Å²) in [6.07, 6.45) is 0. The van der Waals surface area contributed by atoms with Crippen LogP contribution in [0.25, 0.3) is 0 Å². The predicted octanol–water partition coefficient (Wildman–Crippen LogP) is 2.97. The molecule has 172 valence electrons. The number of carbonyl (C=O) groups excluding carboxylic acids is 1. The molecule has 2 heterocycles. The average molecular weight is 443 g/mol. The molecule has 32 heavy (non-hydrogen) atoms. The fourth-order valence-corrected chi connectivity index (χ4v) is 3.63. The van der Waals surface area contributed by atoms with Gasteiger partial charge in [-0.2, -0.15) is 0 Å². The van der Waals surface area contributed by atoms with Crippen LogP contribution in [0, 0.1) is 17.0 Å². The number of benzene rings is 1. The largest absolute Gasteiger partial charge is 0.496 e. The van der Waals surface area contributed by atoms with Crippen LogP contribution < -0.4 is 15.0 Å². The molecule has 3 rings (SSSR count). The third kappa shape index (κ3) is 5.31. The van der Waals surface area contributed by atoms with E-state index < -0.39 is 11.0 Å². The number of nitrogens with zero attached hydrogens (tertiary/aromatic N) is 5. The fraction of sp³-hybridized carbons (Fsp3) is 0.500. The van der Waals surface area contributed by atoms with Crippen LogP contribution in [-0.2, 0) is 4.79 Å². The van der Waals surface area contributed by atoms with Crippen LogP contribution in [-0.4, -0.2) is 65.0 Å². The van der Waals surface area contributed by atoms with E-state index in [1.54, 1.807) is 6.07 Å². The van der Waals surface area contributed by atoms with Crippen molar-refractivity contribution >= 4 is 23.1 Å². The molecule has 1 saturated heterocycles. The second-order valence-electron chi connectivity index (χ2n) is 8.21. The van der Waals surface area contributed by atoms with Gasteiger partial charge in [0, 0.05) is 43.9 Å². The second kappa shape index (κ2) is 9.90. The van der Waals surface area contributed by atoms with Gasteiger partial charge in [-0.15, -0.1) is 0 Å². The molecule has 1 aromatic carbocycles. The Labute approximate surface area is 187 Å². The number of rotatable bonds is 7. The van der Waals surface area contributed by atoms with Gasteiger partial charge in [0.1, 0.15) is 23.1 Å². The first-order valence-corrected chi connectivity index (χ1v) is 10.7. The molecule has 1 amide bonds. The number of nitro groups is 1. The lowest BCUT2D eigenvalue weighted by Crippen LogP contribution is -2.53. The van der Waals surface area contributed by atoms with Gasteiger partial charge < -0.3 is 15.0 Å². The number of piperazine rings is 1. The van der Waals surface area contributed by atoms with E-state index in [1.807, 2.05) is 19.9 Å². The number of aryl methyl sites for hydroxylation is 1. The maximum absolute atomic E-state index is 12.8. The van der Waals surface area contributed by atoms with Crippen molar-refractivity contribution in [3.8, 4) is 5.75 Å². The first kappa shape index (κ1) is 23.4. The van der Waals surface area contributed by atoms with E-state index in [4.69, 9.17) is 9.72 Å². The Morgan fingerprint density at radius 2 is 1.84 bits per heavy atom. The summed E-state index contributed by atoms with van der Waals surface area (Å²) in [6, 6.07) is 5.93. The molecule has 10 nitrogen and oxygen atoms in total. The summed E-state index contributed by atoms with van der Waals surface area (Å²) in [6.45, 7) is 10.7. The van der Waals surface area contributed by atoms with Gasteiger partial charge in [-0.25, -0.2) is 9.97 Å². The number of methoxy groups -OCH3 is 1. The Morgan fingerprint density at radius 3 is 2.44 bits per heavy atom. The standard InChI is InChI=1S/C22H30N6O4/c1-14(2)21-23-15(3)12-20(25-21)27-10-8-26(9-11-27)16(4)22(29)24-18-7-6-17(32-5)13-19(18)28(30)31/h6-7,12-14,16H,8-11H2,1-5H3,(H,24,29). The predicted molar refractivity (Wildman–Crippen MR) is 122 cm³/mol. The van der Waals surface area contributed by atoms with Crippen LogP contribution >= 0.6 is 0 Å². The fourth-order valence-electron chi connectivity index (χ4n) is 3.63. The summed E-state index contributed by atoms with van der Waals surface area (Å²) in [5.74, 6) is 2.06. The number of hydrogen-bond acceptors (Lipinski definition) is 8. The van der Waals surface area contributed by atoms with Crippen LogP contribution in [0.2, 0.25) is 0 Å². The lowest BCUT2D eigenvalue weighted by molar-refractivity contribution is -0.384. The number of nitrogens with one attached hydrogen (secondary N) is 1. The van der Waals surface area contributed by atoms with Crippen LogP contribution in [0.5, 0.6) is 5.75 Å². The molecular formula is C22H30N6O4. The number of nitro benzene ring substituents is 1. The second-order valence-corrected chi connectivity index (χ2v) is 8.21. The van der Waals surface area contributed by atoms with Gasteiger partial charge in [-0.3, -0.25) is 19.8 Å². The van der Waals surface area contributed by atoms with E-state index in [9.17, 15) is 14.9 Å². The smallest absolute Gasteiger partial charge is 0.296 e. The van der Waals surface area contributed by atoms with Crippen molar-refractivity contribution in [3.05, 3.63) is 45.9 Å². The van der Waals surface area contributed by atoms with Gasteiger partial charge in [-0.05, 0) is 26.0 Å². The highest BCUT2D eigenvalue weighted by atomic mass is 16.6. The number of hydrogen-bond donors (Lipinski definition) is 1. The third-order valence-corrected chi connectivity index (χ3v) is 5.60. The van der Waals surface area contributed by atoms with Gasteiger partial charge >= 0.3 is 0 Å². The topological polar surface area (TPSA) is 114 Å². The first-order valence-electron chi connectivity index (χ1n) is 10.7. The van der Waals surface area contributed by atoms with Crippen molar-refractivity contribution in [3.63, 3.8) is 0 Å². The Hall–Kier alpha value is -3.27. The van der Waals surface area contributed by atoms with Crippen molar-refractivity contribution in [1.82, 2.24) is 14.9 Å². The maximum atomic E-state index is 12.8. The van der Waals surface area contributed by atoms with Gasteiger partial charge in [0.05, 0.1) is 24.1 Å². The summed E-state index contributed by atoms with van der Waals surface area (Å²) in [7, 11) is 1.44. The molecule has 1 unspecified atom stereocenters. The molecule has 1 fully saturated rings. The van der Waals surface area contributed by atoms with Crippen LogP contribution in [0.4, 0.5) is 17.2 Å². The SMILES string of the molecule is COc1ccc(NC(=O)C(C)N2CCN(c3cc(C)nc(C(C)C)n3)CC2)c([N+](=O)[O-])c1. The van der Waals surface area contributed by atoms with Crippen molar-refractivity contribution in [2.24, 2.45) is 0 Å². The van der Waals surface area contributed by atoms with Crippen molar-refractivity contribution in [2.45, 2.75) is 39.7 Å². The molecule has 1 aliphatic rings. The molecular weight excluding hydrogens is 412 g/mol. The van der Waals surface area contributed by atoms with E-state index in [0.29, 0.717) is 18.8 Å². The van der Waals surface area contributed by atoms with Crippen LogP contribution in [0.1, 0.15) is 38.2 Å². The first-order chi connectivity index (χ1) is 15.2. The zero-order chi connectivity index (χ0) is 23.4. The number of ether oxygens (including phenoxy) is 1. The number of anilines is 2. The summed E-state index contributed by atoms with van der Waals surface area (Å²) in [4.78, 5) is 37.1. The van der Waals surface area contributed by atoms with Crippen LogP contribution in [0.3, 0.4) is 0 Å². The van der Waals surface area contributed by atoms with Gasteiger partial charge in [0.2, 0.25) is 5.91 Å². The molecule has 1 N–H and O–H groups in total. The molecule has 0 saturated carbocycles. The van der Waals surface area contributed by atoms with E-state index in [-0.39, 0.29) is 23.2 Å². The lowest BCUT2D eigenvalue weighted by atomic mass is 10.2. The van der Waals surface area contributed by atoms with Crippen molar-refractivity contribution < 1.29 is 14.5 Å². The van der Waals surface area contributed by atoms with Crippen molar-refractivity contribution in [1.29, 1.82) is 0 Å². The zero-order valence-electron chi connectivity index (χ0n) is 19.2. The lowest BCUT2D eigenvalue weighted by Gasteiger charge is -2.38. The molecule has 0 bridgehead atoms. The molecule has 1 aromatic heterocycles. The highest BCUT2D eigenvalue weighted by molar-refractivity contribution is 5.96. The van der Waals surface area contributed by atoms with Crippen molar-refractivity contribution in [2.75, 3.05) is 43.5 Å². The normalized spacial score (nSPS) is 15.5. The number of carbonyl (C=O) groups is 1. The number of aromatic nitrogens is 2. The molecule has 0 aliphatic carbocycles.